The molecule has 0 unspecified atom stereocenters. The predicted molar refractivity (Wildman–Crippen MR) is 172 cm³/mol. The number of carbonyl (C=O) groups is 2. The number of hydrogen-bond acceptors (Lipinski definition) is 7. The number of halogens is 1. The number of nitrogens with zero attached hydrogens (tertiary/aromatic N) is 2. The number of benzene rings is 2. The van der Waals surface area contributed by atoms with Crippen LogP contribution in [0.15, 0.2) is 54.7 Å². The number of ether oxygens (including phenoxy) is 1. The predicted octanol–water partition coefficient (Wildman–Crippen LogP) is 5.32. The van der Waals surface area contributed by atoms with Crippen LogP contribution in [0.3, 0.4) is 0 Å². The summed E-state index contributed by atoms with van der Waals surface area (Å²) >= 11 is 6.48. The number of hydrogen-bond donors (Lipinski definition) is 2. The fourth-order valence-electron chi connectivity index (χ4n) is 4.49. The van der Waals surface area contributed by atoms with Crippen molar-refractivity contribution in [2.45, 2.75) is 46.6 Å². The zero-order valence-corrected chi connectivity index (χ0v) is 27.4. The van der Waals surface area contributed by atoms with E-state index in [0.717, 1.165) is 35.9 Å². The highest BCUT2D eigenvalue weighted by molar-refractivity contribution is 7.89. The zero-order chi connectivity index (χ0) is 31.9. The van der Waals surface area contributed by atoms with Gasteiger partial charge in [-0.15, -0.1) is 0 Å². The Balaban J connectivity index is 2.04. The van der Waals surface area contributed by atoms with Gasteiger partial charge in [0.1, 0.15) is 11.4 Å². The highest BCUT2D eigenvalue weighted by Crippen LogP contribution is 2.35. The van der Waals surface area contributed by atoms with Gasteiger partial charge >= 0.3 is 0 Å². The molecule has 2 amide bonds. The lowest BCUT2D eigenvalue weighted by Crippen LogP contribution is -2.47. The van der Waals surface area contributed by atoms with Gasteiger partial charge in [0.25, 0.3) is 5.91 Å². The summed E-state index contributed by atoms with van der Waals surface area (Å²) in [4.78, 5) is 33.0. The number of carbonyl (C=O) groups excluding carboxylic acids is 2. The van der Waals surface area contributed by atoms with Crippen molar-refractivity contribution in [2.24, 2.45) is 5.41 Å². The van der Waals surface area contributed by atoms with Gasteiger partial charge in [0.15, 0.2) is 0 Å². The van der Waals surface area contributed by atoms with Crippen LogP contribution in [0.25, 0.3) is 22.3 Å². The van der Waals surface area contributed by atoms with Crippen molar-refractivity contribution in [2.75, 3.05) is 33.5 Å². The molecule has 2 N–H and O–H groups in total. The molecular formula is C32H41ClN4O5S. The standard InChI is InChI=1S/C32H41ClN4O5S/c1-21-11-8-9-12-24(21)23-17-25(22-13-14-26(33)27(18-22)42-16-10-15-37(5)6)30(34-20-23)31(39)35-28(32(2,3)4)19-29(38)36-43(7,40)41/h8-9,11-14,17-18,20,28H,10,15-16,19H2,1-7H3,(H,35,39)(H,36,38)/t28-/m0/s1. The van der Waals surface area contributed by atoms with E-state index in [0.29, 0.717) is 28.5 Å². The van der Waals surface area contributed by atoms with Crippen LogP contribution in [-0.2, 0) is 14.8 Å². The van der Waals surface area contributed by atoms with Gasteiger partial charge in [-0.05, 0) is 67.7 Å². The van der Waals surface area contributed by atoms with Crippen molar-refractivity contribution in [3.8, 4) is 28.0 Å². The van der Waals surface area contributed by atoms with Gasteiger partial charge in [-0.2, -0.15) is 0 Å². The maximum Gasteiger partial charge on any atom is 0.270 e. The minimum Gasteiger partial charge on any atom is -0.492 e. The van der Waals surface area contributed by atoms with Crippen LogP contribution < -0.4 is 14.8 Å². The second kappa shape index (κ2) is 14.3. The van der Waals surface area contributed by atoms with Crippen molar-refractivity contribution in [3.63, 3.8) is 0 Å². The van der Waals surface area contributed by atoms with Crippen molar-refractivity contribution in [1.82, 2.24) is 19.9 Å². The zero-order valence-electron chi connectivity index (χ0n) is 25.8. The fourth-order valence-corrected chi connectivity index (χ4v) is 5.16. The second-order valence-corrected chi connectivity index (χ2v) is 14.1. The Bertz CT molecular complexity index is 1570. The van der Waals surface area contributed by atoms with Crippen LogP contribution in [0.5, 0.6) is 5.75 Å². The normalized spacial score (nSPS) is 12.6. The lowest BCUT2D eigenvalue weighted by molar-refractivity contribution is -0.120. The topological polar surface area (TPSA) is 118 Å². The molecule has 0 spiro atoms. The molecule has 0 aliphatic heterocycles. The smallest absolute Gasteiger partial charge is 0.270 e. The quantitative estimate of drug-likeness (QED) is 0.261. The lowest BCUT2D eigenvalue weighted by atomic mass is 9.84. The van der Waals surface area contributed by atoms with E-state index in [4.69, 9.17) is 16.3 Å². The summed E-state index contributed by atoms with van der Waals surface area (Å²) in [5, 5.41) is 3.38. The summed E-state index contributed by atoms with van der Waals surface area (Å²) in [6.45, 7) is 8.93. The third-order valence-corrected chi connectivity index (χ3v) is 7.76. The fraction of sp³-hybridized carbons (Fsp3) is 0.406. The van der Waals surface area contributed by atoms with Crippen LogP contribution >= 0.6 is 11.6 Å². The molecule has 0 aliphatic rings. The average molecular weight is 629 g/mol. The molecule has 0 fully saturated rings. The van der Waals surface area contributed by atoms with Crippen LogP contribution in [-0.4, -0.2) is 69.7 Å². The highest BCUT2D eigenvalue weighted by atomic mass is 35.5. The minimum atomic E-state index is -3.74. The summed E-state index contributed by atoms with van der Waals surface area (Å²) in [5.41, 5.74) is 3.67. The van der Waals surface area contributed by atoms with E-state index in [2.05, 4.69) is 15.2 Å². The Hall–Kier alpha value is -3.47. The van der Waals surface area contributed by atoms with E-state index < -0.39 is 33.3 Å². The van der Waals surface area contributed by atoms with Crippen LogP contribution in [0.2, 0.25) is 5.02 Å². The number of aryl methyl sites for hydroxylation is 1. The highest BCUT2D eigenvalue weighted by Gasteiger charge is 2.31. The maximum absolute atomic E-state index is 13.8. The summed E-state index contributed by atoms with van der Waals surface area (Å²) in [7, 11) is 0.251. The van der Waals surface area contributed by atoms with Crippen molar-refractivity contribution >= 4 is 33.4 Å². The van der Waals surface area contributed by atoms with E-state index in [1.165, 1.54) is 0 Å². The molecule has 43 heavy (non-hydrogen) atoms. The largest absolute Gasteiger partial charge is 0.492 e. The van der Waals surface area contributed by atoms with Crippen molar-refractivity contribution in [1.29, 1.82) is 0 Å². The molecule has 0 saturated carbocycles. The molecule has 11 heteroatoms. The van der Waals surface area contributed by atoms with E-state index in [-0.39, 0.29) is 12.1 Å². The van der Waals surface area contributed by atoms with Gasteiger partial charge in [0, 0.05) is 36.3 Å². The molecular weight excluding hydrogens is 588 g/mol. The summed E-state index contributed by atoms with van der Waals surface area (Å²) < 4.78 is 31.2. The van der Waals surface area contributed by atoms with Crippen molar-refractivity contribution < 1.29 is 22.7 Å². The molecule has 0 aliphatic carbocycles. The van der Waals surface area contributed by atoms with Gasteiger partial charge in [0.2, 0.25) is 15.9 Å². The summed E-state index contributed by atoms with van der Waals surface area (Å²) in [6, 6.07) is 14.5. The van der Waals surface area contributed by atoms with Crippen LogP contribution in [0.1, 0.15) is 49.7 Å². The third kappa shape index (κ3) is 10.0. The summed E-state index contributed by atoms with van der Waals surface area (Å²) in [5.74, 6) is -0.711. The molecule has 2 aromatic carbocycles. The Labute approximate surface area is 260 Å². The van der Waals surface area contributed by atoms with Gasteiger partial charge in [-0.25, -0.2) is 13.4 Å². The number of aromatic nitrogens is 1. The maximum atomic E-state index is 13.8. The Morgan fingerprint density at radius 2 is 1.74 bits per heavy atom. The number of pyridine rings is 1. The molecule has 0 radical (unpaired) electrons. The van der Waals surface area contributed by atoms with Gasteiger partial charge in [-0.3, -0.25) is 14.3 Å². The van der Waals surface area contributed by atoms with Gasteiger partial charge in [0.05, 0.1) is 17.9 Å². The molecule has 0 saturated heterocycles. The van der Waals surface area contributed by atoms with E-state index in [9.17, 15) is 18.0 Å². The first-order valence-corrected chi connectivity index (χ1v) is 16.3. The van der Waals surface area contributed by atoms with Gasteiger partial charge in [-0.1, -0.05) is 62.7 Å². The Morgan fingerprint density at radius 3 is 2.37 bits per heavy atom. The van der Waals surface area contributed by atoms with E-state index >= 15 is 0 Å². The van der Waals surface area contributed by atoms with Crippen LogP contribution in [0.4, 0.5) is 0 Å². The molecule has 1 aromatic heterocycles. The monoisotopic (exact) mass is 628 g/mol. The van der Waals surface area contributed by atoms with Gasteiger partial charge < -0.3 is 15.0 Å². The molecule has 3 aromatic rings. The van der Waals surface area contributed by atoms with Crippen molar-refractivity contribution in [3.05, 3.63) is 71.0 Å². The number of sulfonamides is 1. The van der Waals surface area contributed by atoms with E-state index in [1.807, 2.05) is 82.9 Å². The van der Waals surface area contributed by atoms with Crippen LogP contribution in [0, 0.1) is 12.3 Å². The van der Waals surface area contributed by atoms with E-state index in [1.54, 1.807) is 18.3 Å². The first-order chi connectivity index (χ1) is 20.0. The number of rotatable bonds is 12. The average Bonchev–Trinajstić information content (AvgIpc) is 2.90. The second-order valence-electron chi connectivity index (χ2n) is 12.0. The first-order valence-electron chi connectivity index (χ1n) is 14.0. The molecule has 9 nitrogen and oxygen atoms in total. The Morgan fingerprint density at radius 1 is 1.05 bits per heavy atom. The SMILES string of the molecule is Cc1ccccc1-c1cnc(C(=O)N[C@@H](CC(=O)NS(C)(=O)=O)C(C)(C)C)c(-c2ccc(Cl)c(OCCCN(C)C)c2)c1. The number of nitrogens with one attached hydrogen (secondary N) is 2. The summed E-state index contributed by atoms with van der Waals surface area (Å²) in [6.07, 6.45) is 3.14. The first kappa shape index (κ1) is 34.0. The lowest BCUT2D eigenvalue weighted by Gasteiger charge is -2.31. The Kier molecular flexibility index (Phi) is 11.3. The number of amides is 2. The molecule has 1 heterocycles. The molecule has 3 rings (SSSR count). The molecule has 232 valence electrons. The minimum absolute atomic E-state index is 0.149. The molecule has 0 bridgehead atoms. The third-order valence-electron chi connectivity index (χ3n) is 6.85. The molecule has 1 atom stereocenters.